The Morgan fingerprint density at radius 1 is 1.35 bits per heavy atom. The zero-order valence-electron chi connectivity index (χ0n) is 10.6. The van der Waals surface area contributed by atoms with Crippen LogP contribution in [0.1, 0.15) is 27.7 Å². The van der Waals surface area contributed by atoms with Crippen LogP contribution < -0.4 is 5.46 Å². The predicted molar refractivity (Wildman–Crippen MR) is 63.6 cm³/mol. The van der Waals surface area contributed by atoms with E-state index in [1.54, 1.807) is 17.1 Å². The molecular formula is C11H16BN3O2. The number of nitriles is 1. The van der Waals surface area contributed by atoms with Gasteiger partial charge in [-0.05, 0) is 27.7 Å². The largest absolute Gasteiger partial charge is 0.498 e. The minimum absolute atomic E-state index is 0.236. The standard InChI is InChI=1S/C11H16BN3O2/c1-10(2)11(3,4)17-12(16-10)9-7-14-15(8-9)6-5-13/h7-8H,6H2,1-4H3. The van der Waals surface area contributed by atoms with Gasteiger partial charge in [0.15, 0.2) is 0 Å². The van der Waals surface area contributed by atoms with E-state index in [1.165, 1.54) is 0 Å². The lowest BCUT2D eigenvalue weighted by atomic mass is 9.82. The fourth-order valence-corrected chi connectivity index (χ4v) is 1.64. The number of hydrogen-bond acceptors (Lipinski definition) is 4. The van der Waals surface area contributed by atoms with Gasteiger partial charge in [-0.2, -0.15) is 10.4 Å². The van der Waals surface area contributed by atoms with Crippen LogP contribution in [-0.4, -0.2) is 28.1 Å². The molecule has 0 aromatic carbocycles. The van der Waals surface area contributed by atoms with Crippen LogP contribution in [0.4, 0.5) is 0 Å². The van der Waals surface area contributed by atoms with E-state index in [-0.39, 0.29) is 17.7 Å². The van der Waals surface area contributed by atoms with Crippen molar-refractivity contribution in [2.24, 2.45) is 0 Å². The molecule has 1 fully saturated rings. The van der Waals surface area contributed by atoms with Crippen LogP contribution in [-0.2, 0) is 15.9 Å². The lowest BCUT2D eigenvalue weighted by molar-refractivity contribution is 0.00578. The van der Waals surface area contributed by atoms with Crippen molar-refractivity contribution >= 4 is 12.6 Å². The highest BCUT2D eigenvalue weighted by Crippen LogP contribution is 2.36. The van der Waals surface area contributed by atoms with Gasteiger partial charge in [-0.25, -0.2) is 0 Å². The molecule has 0 radical (unpaired) electrons. The zero-order valence-corrected chi connectivity index (χ0v) is 10.6. The number of rotatable bonds is 2. The second kappa shape index (κ2) is 3.86. The highest BCUT2D eigenvalue weighted by molar-refractivity contribution is 6.61. The van der Waals surface area contributed by atoms with Gasteiger partial charge in [0, 0.05) is 17.9 Å². The Labute approximate surface area is 101 Å². The van der Waals surface area contributed by atoms with Crippen molar-refractivity contribution in [3.05, 3.63) is 12.4 Å². The summed E-state index contributed by atoms with van der Waals surface area (Å²) in [6.07, 6.45) is 3.46. The van der Waals surface area contributed by atoms with Crippen molar-refractivity contribution in [3.8, 4) is 6.07 Å². The molecular weight excluding hydrogens is 217 g/mol. The van der Waals surface area contributed by atoms with Crippen molar-refractivity contribution in [1.82, 2.24) is 9.78 Å². The Morgan fingerprint density at radius 3 is 2.47 bits per heavy atom. The van der Waals surface area contributed by atoms with E-state index < -0.39 is 7.12 Å². The van der Waals surface area contributed by atoms with E-state index >= 15 is 0 Å². The third-order valence-electron chi connectivity index (χ3n) is 3.41. The summed E-state index contributed by atoms with van der Waals surface area (Å²) in [4.78, 5) is 0. The van der Waals surface area contributed by atoms with Gasteiger partial charge in [-0.3, -0.25) is 4.68 Å². The Morgan fingerprint density at radius 2 is 1.94 bits per heavy atom. The van der Waals surface area contributed by atoms with E-state index in [9.17, 15) is 0 Å². The van der Waals surface area contributed by atoms with Crippen LogP contribution >= 0.6 is 0 Å². The van der Waals surface area contributed by atoms with Crippen LogP contribution in [0.2, 0.25) is 0 Å². The average molecular weight is 233 g/mol. The molecule has 5 nitrogen and oxygen atoms in total. The van der Waals surface area contributed by atoms with Crippen molar-refractivity contribution < 1.29 is 9.31 Å². The summed E-state index contributed by atoms with van der Waals surface area (Å²) >= 11 is 0. The average Bonchev–Trinajstić information content (AvgIpc) is 2.71. The molecule has 1 saturated heterocycles. The van der Waals surface area contributed by atoms with Gasteiger partial charge in [-0.15, -0.1) is 0 Å². The maximum absolute atomic E-state index is 8.59. The van der Waals surface area contributed by atoms with Gasteiger partial charge < -0.3 is 9.31 Å². The monoisotopic (exact) mass is 233 g/mol. The maximum atomic E-state index is 8.59. The molecule has 2 heterocycles. The van der Waals surface area contributed by atoms with Crippen LogP contribution in [0, 0.1) is 11.3 Å². The van der Waals surface area contributed by atoms with E-state index in [2.05, 4.69) is 5.10 Å². The van der Waals surface area contributed by atoms with Crippen molar-refractivity contribution in [2.45, 2.75) is 45.4 Å². The summed E-state index contributed by atoms with van der Waals surface area (Å²) in [5, 5.41) is 12.7. The Balaban J connectivity index is 2.18. The quantitative estimate of drug-likeness (QED) is 0.705. The fourth-order valence-electron chi connectivity index (χ4n) is 1.64. The molecule has 90 valence electrons. The van der Waals surface area contributed by atoms with Gasteiger partial charge in [-0.1, -0.05) is 0 Å². The van der Waals surface area contributed by atoms with Crippen molar-refractivity contribution in [3.63, 3.8) is 0 Å². The minimum atomic E-state index is -0.410. The van der Waals surface area contributed by atoms with Gasteiger partial charge in [0.25, 0.3) is 0 Å². The topological polar surface area (TPSA) is 60.1 Å². The van der Waals surface area contributed by atoms with Crippen molar-refractivity contribution in [1.29, 1.82) is 5.26 Å². The van der Waals surface area contributed by atoms with E-state index in [1.807, 2.05) is 33.8 Å². The molecule has 1 aliphatic heterocycles. The molecule has 6 heteroatoms. The molecule has 0 unspecified atom stereocenters. The molecule has 0 atom stereocenters. The van der Waals surface area contributed by atoms with Crippen LogP contribution in [0.25, 0.3) is 0 Å². The molecule has 0 aliphatic carbocycles. The van der Waals surface area contributed by atoms with Gasteiger partial charge in [0.05, 0.1) is 17.3 Å². The van der Waals surface area contributed by atoms with E-state index in [0.717, 1.165) is 5.46 Å². The summed E-state index contributed by atoms with van der Waals surface area (Å²) in [6.45, 7) is 8.26. The SMILES string of the molecule is CC1(C)OB(c2cnn(CC#N)c2)OC1(C)C. The van der Waals surface area contributed by atoms with E-state index in [0.29, 0.717) is 0 Å². The molecule has 1 aromatic rings. The Hall–Kier alpha value is -1.32. The summed E-state index contributed by atoms with van der Waals surface area (Å²) in [7, 11) is -0.410. The predicted octanol–water partition coefficient (Wildman–Crippen LogP) is 0.706. The van der Waals surface area contributed by atoms with Crippen LogP contribution in [0.5, 0.6) is 0 Å². The third kappa shape index (κ3) is 2.08. The lowest BCUT2D eigenvalue weighted by Gasteiger charge is -2.32. The first-order valence-electron chi connectivity index (χ1n) is 5.61. The molecule has 0 N–H and O–H groups in total. The molecule has 0 spiro atoms. The summed E-state index contributed by atoms with van der Waals surface area (Å²) < 4.78 is 13.3. The van der Waals surface area contributed by atoms with Gasteiger partial charge >= 0.3 is 7.12 Å². The molecule has 0 amide bonds. The molecule has 1 aromatic heterocycles. The van der Waals surface area contributed by atoms with Gasteiger partial charge in [0.2, 0.25) is 0 Å². The first-order chi connectivity index (χ1) is 7.86. The lowest BCUT2D eigenvalue weighted by Crippen LogP contribution is -2.41. The Kier molecular flexibility index (Phi) is 2.76. The maximum Gasteiger partial charge on any atom is 0.498 e. The second-order valence-corrected chi connectivity index (χ2v) is 5.22. The zero-order chi connectivity index (χ0) is 12.7. The minimum Gasteiger partial charge on any atom is -0.399 e. The van der Waals surface area contributed by atoms with Crippen molar-refractivity contribution in [2.75, 3.05) is 0 Å². The molecule has 1 aliphatic rings. The highest BCUT2D eigenvalue weighted by Gasteiger charge is 2.52. The third-order valence-corrected chi connectivity index (χ3v) is 3.41. The number of hydrogen-bond donors (Lipinski definition) is 0. The van der Waals surface area contributed by atoms with Gasteiger partial charge in [0.1, 0.15) is 6.54 Å². The molecule has 0 saturated carbocycles. The number of aromatic nitrogens is 2. The normalized spacial score (nSPS) is 21.5. The fraction of sp³-hybridized carbons (Fsp3) is 0.636. The molecule has 2 rings (SSSR count). The highest BCUT2D eigenvalue weighted by atomic mass is 16.7. The van der Waals surface area contributed by atoms with Crippen LogP contribution in [0.3, 0.4) is 0 Å². The first kappa shape index (κ1) is 12.2. The smallest absolute Gasteiger partial charge is 0.399 e. The first-order valence-corrected chi connectivity index (χ1v) is 5.61. The second-order valence-electron chi connectivity index (χ2n) is 5.22. The summed E-state index contributed by atoms with van der Waals surface area (Å²) in [6, 6.07) is 2.04. The van der Waals surface area contributed by atoms with E-state index in [4.69, 9.17) is 14.6 Å². The molecule has 0 bridgehead atoms. The Bertz CT molecular complexity index is 446. The molecule has 17 heavy (non-hydrogen) atoms. The summed E-state index contributed by atoms with van der Waals surface area (Å²) in [5.74, 6) is 0. The van der Waals surface area contributed by atoms with Crippen LogP contribution in [0.15, 0.2) is 12.4 Å². The summed E-state index contributed by atoms with van der Waals surface area (Å²) in [5.41, 5.74) is 0.142. The number of nitrogens with zero attached hydrogens (tertiary/aromatic N) is 3.